The predicted molar refractivity (Wildman–Crippen MR) is 79.0 cm³/mol. The molecular weight excluding hydrogens is 222 g/mol. The van der Waals surface area contributed by atoms with E-state index in [1.54, 1.807) is 0 Å². The quantitative estimate of drug-likeness (QED) is 0.738. The number of nitrogens with one attached hydrogen (secondary N) is 1. The lowest BCUT2D eigenvalue weighted by molar-refractivity contribution is -0.0879. The lowest BCUT2D eigenvalue weighted by Gasteiger charge is -2.47. The Kier molecular flexibility index (Phi) is 6.13. The first-order chi connectivity index (χ1) is 8.49. The van der Waals surface area contributed by atoms with Crippen molar-refractivity contribution >= 4 is 0 Å². The molecule has 1 N–H and O–H groups in total. The maximum Gasteiger partial charge on any atom is 0.0831 e. The minimum atomic E-state index is 0.0840. The molecular formula is C16H33NO. The van der Waals surface area contributed by atoms with Crippen molar-refractivity contribution in [2.45, 2.75) is 84.3 Å². The Morgan fingerprint density at radius 2 is 1.67 bits per heavy atom. The van der Waals surface area contributed by atoms with Gasteiger partial charge in [-0.1, -0.05) is 34.1 Å². The van der Waals surface area contributed by atoms with Gasteiger partial charge in [0.2, 0.25) is 0 Å². The summed E-state index contributed by atoms with van der Waals surface area (Å²) in [6.07, 6.45) is 8.65. The summed E-state index contributed by atoms with van der Waals surface area (Å²) in [6.45, 7) is 10.4. The summed E-state index contributed by atoms with van der Waals surface area (Å²) in [5, 5.41) is 3.73. The van der Waals surface area contributed by atoms with E-state index in [2.05, 4.69) is 33.0 Å². The van der Waals surface area contributed by atoms with Crippen molar-refractivity contribution in [1.29, 1.82) is 0 Å². The number of hydrogen-bond acceptors (Lipinski definition) is 2. The van der Waals surface area contributed by atoms with E-state index in [-0.39, 0.29) is 5.60 Å². The second kappa shape index (κ2) is 6.91. The molecule has 0 aromatic rings. The van der Waals surface area contributed by atoms with Crippen molar-refractivity contribution in [3.63, 3.8) is 0 Å². The van der Waals surface area contributed by atoms with Crippen molar-refractivity contribution in [2.24, 2.45) is 5.41 Å². The van der Waals surface area contributed by atoms with Gasteiger partial charge in [-0.05, 0) is 50.5 Å². The van der Waals surface area contributed by atoms with Crippen molar-refractivity contribution in [3.05, 3.63) is 0 Å². The molecule has 2 nitrogen and oxygen atoms in total. The van der Waals surface area contributed by atoms with Crippen LogP contribution in [0.3, 0.4) is 0 Å². The standard InChI is InChI=1S/C16H33NO/c1-6-8-14(17-13-7-2)16(18-5)11-9-15(3,4)10-12-16/h14,17H,6-13H2,1-5H3. The average molecular weight is 255 g/mol. The molecule has 1 fully saturated rings. The summed E-state index contributed by atoms with van der Waals surface area (Å²) < 4.78 is 6.02. The molecule has 2 heteroatoms. The van der Waals surface area contributed by atoms with E-state index in [0.29, 0.717) is 11.5 Å². The second-order valence-corrected chi connectivity index (χ2v) is 6.73. The topological polar surface area (TPSA) is 21.3 Å². The van der Waals surface area contributed by atoms with Gasteiger partial charge in [0.1, 0.15) is 0 Å². The van der Waals surface area contributed by atoms with Gasteiger partial charge in [-0.3, -0.25) is 0 Å². The van der Waals surface area contributed by atoms with E-state index in [9.17, 15) is 0 Å². The van der Waals surface area contributed by atoms with E-state index in [1.165, 1.54) is 44.9 Å². The summed E-state index contributed by atoms with van der Waals surface area (Å²) >= 11 is 0. The first-order valence-corrected chi connectivity index (χ1v) is 7.78. The zero-order valence-electron chi connectivity index (χ0n) is 13.1. The van der Waals surface area contributed by atoms with Gasteiger partial charge < -0.3 is 10.1 Å². The van der Waals surface area contributed by atoms with Gasteiger partial charge in [0, 0.05) is 13.2 Å². The molecule has 1 unspecified atom stereocenters. The first-order valence-electron chi connectivity index (χ1n) is 7.78. The van der Waals surface area contributed by atoms with Gasteiger partial charge in [0.15, 0.2) is 0 Å². The average Bonchev–Trinajstić information content (AvgIpc) is 2.36. The van der Waals surface area contributed by atoms with Crippen molar-refractivity contribution in [1.82, 2.24) is 5.32 Å². The molecule has 0 aromatic heterocycles. The fraction of sp³-hybridized carbons (Fsp3) is 1.00. The van der Waals surface area contributed by atoms with Crippen LogP contribution >= 0.6 is 0 Å². The molecule has 108 valence electrons. The van der Waals surface area contributed by atoms with E-state index >= 15 is 0 Å². The van der Waals surface area contributed by atoms with E-state index in [0.717, 1.165) is 6.54 Å². The van der Waals surface area contributed by atoms with Crippen LogP contribution in [0.4, 0.5) is 0 Å². The Hall–Kier alpha value is -0.0800. The summed E-state index contributed by atoms with van der Waals surface area (Å²) in [7, 11) is 1.91. The molecule has 1 aliphatic carbocycles. The Labute approximate surface area is 114 Å². The SMILES string of the molecule is CCCNC(CCC)C1(OC)CCC(C)(C)CC1. The highest BCUT2D eigenvalue weighted by Crippen LogP contribution is 2.44. The molecule has 1 saturated carbocycles. The van der Waals surface area contributed by atoms with Crippen LogP contribution in [0.1, 0.15) is 72.6 Å². The monoisotopic (exact) mass is 255 g/mol. The Morgan fingerprint density at radius 1 is 1.06 bits per heavy atom. The molecule has 1 rings (SSSR count). The number of methoxy groups -OCH3 is 1. The number of hydrogen-bond donors (Lipinski definition) is 1. The van der Waals surface area contributed by atoms with Crippen LogP contribution in [0.2, 0.25) is 0 Å². The highest BCUT2D eigenvalue weighted by atomic mass is 16.5. The second-order valence-electron chi connectivity index (χ2n) is 6.73. The van der Waals surface area contributed by atoms with Crippen molar-refractivity contribution in [3.8, 4) is 0 Å². The predicted octanol–water partition coefficient (Wildman–Crippen LogP) is 4.14. The minimum Gasteiger partial charge on any atom is -0.377 e. The van der Waals surface area contributed by atoms with Gasteiger partial charge in [-0.15, -0.1) is 0 Å². The minimum absolute atomic E-state index is 0.0840. The Balaban J connectivity index is 2.70. The third kappa shape index (κ3) is 3.96. The van der Waals surface area contributed by atoms with Crippen LogP contribution in [0.15, 0.2) is 0 Å². The molecule has 0 radical (unpaired) electrons. The van der Waals surface area contributed by atoms with Crippen LogP contribution in [0.5, 0.6) is 0 Å². The summed E-state index contributed by atoms with van der Waals surface area (Å²) in [5.74, 6) is 0. The van der Waals surface area contributed by atoms with E-state index in [4.69, 9.17) is 4.74 Å². The maximum atomic E-state index is 6.02. The highest BCUT2D eigenvalue weighted by molar-refractivity contribution is 4.98. The molecule has 0 saturated heterocycles. The molecule has 0 heterocycles. The van der Waals surface area contributed by atoms with Crippen LogP contribution in [-0.2, 0) is 4.74 Å². The highest BCUT2D eigenvalue weighted by Gasteiger charge is 2.43. The van der Waals surface area contributed by atoms with Gasteiger partial charge in [0.05, 0.1) is 5.60 Å². The van der Waals surface area contributed by atoms with Crippen LogP contribution in [0, 0.1) is 5.41 Å². The molecule has 0 aromatic carbocycles. The van der Waals surface area contributed by atoms with Crippen molar-refractivity contribution in [2.75, 3.05) is 13.7 Å². The molecule has 0 aliphatic heterocycles. The molecule has 1 aliphatic rings. The molecule has 18 heavy (non-hydrogen) atoms. The van der Waals surface area contributed by atoms with Crippen LogP contribution in [-0.4, -0.2) is 25.3 Å². The first kappa shape index (κ1) is 16.0. The maximum absolute atomic E-state index is 6.02. The summed E-state index contributed by atoms with van der Waals surface area (Å²) in [6, 6.07) is 0.531. The number of rotatable bonds is 7. The third-order valence-electron chi connectivity index (χ3n) is 4.71. The van der Waals surface area contributed by atoms with Crippen LogP contribution < -0.4 is 5.32 Å². The Morgan fingerprint density at radius 3 is 2.11 bits per heavy atom. The third-order valence-corrected chi connectivity index (χ3v) is 4.71. The van der Waals surface area contributed by atoms with E-state index < -0.39 is 0 Å². The zero-order chi connectivity index (χ0) is 13.6. The van der Waals surface area contributed by atoms with Gasteiger partial charge in [0.25, 0.3) is 0 Å². The lowest BCUT2D eigenvalue weighted by Crippen LogP contribution is -2.54. The fourth-order valence-electron chi connectivity index (χ4n) is 3.20. The largest absolute Gasteiger partial charge is 0.377 e. The zero-order valence-corrected chi connectivity index (χ0v) is 13.1. The van der Waals surface area contributed by atoms with Gasteiger partial charge in [-0.25, -0.2) is 0 Å². The smallest absolute Gasteiger partial charge is 0.0831 e. The molecule has 0 bridgehead atoms. The van der Waals surface area contributed by atoms with Gasteiger partial charge >= 0.3 is 0 Å². The molecule has 0 spiro atoms. The van der Waals surface area contributed by atoms with E-state index in [1.807, 2.05) is 7.11 Å². The lowest BCUT2D eigenvalue weighted by atomic mass is 9.68. The number of ether oxygens (including phenoxy) is 1. The van der Waals surface area contributed by atoms with Gasteiger partial charge in [-0.2, -0.15) is 0 Å². The normalized spacial score (nSPS) is 23.8. The summed E-state index contributed by atoms with van der Waals surface area (Å²) in [5.41, 5.74) is 0.588. The van der Waals surface area contributed by atoms with Crippen molar-refractivity contribution < 1.29 is 4.74 Å². The summed E-state index contributed by atoms with van der Waals surface area (Å²) in [4.78, 5) is 0. The van der Waals surface area contributed by atoms with Crippen LogP contribution in [0.25, 0.3) is 0 Å². The fourth-order valence-corrected chi connectivity index (χ4v) is 3.20. The molecule has 1 atom stereocenters. The molecule has 0 amide bonds. The Bertz CT molecular complexity index is 227.